The predicted octanol–water partition coefficient (Wildman–Crippen LogP) is 2.13. The Labute approximate surface area is 112 Å². The summed E-state index contributed by atoms with van der Waals surface area (Å²) in [7, 11) is 1.64. The zero-order valence-electron chi connectivity index (χ0n) is 11.2. The van der Waals surface area contributed by atoms with E-state index >= 15 is 0 Å². The lowest BCUT2D eigenvalue weighted by molar-refractivity contribution is 0.415. The molecule has 0 radical (unpaired) electrons. The van der Waals surface area contributed by atoms with Gasteiger partial charge in [-0.25, -0.2) is 15.8 Å². The molecule has 4 N–H and O–H groups in total. The summed E-state index contributed by atoms with van der Waals surface area (Å²) < 4.78 is 5.12. The number of aromatic nitrogens is 2. The van der Waals surface area contributed by atoms with E-state index in [4.69, 9.17) is 10.6 Å². The van der Waals surface area contributed by atoms with E-state index in [1.54, 1.807) is 7.11 Å². The second kappa shape index (κ2) is 5.53. The molecule has 2 rings (SSSR count). The van der Waals surface area contributed by atoms with Crippen LogP contribution in [0.25, 0.3) is 0 Å². The number of aryl methyl sites for hydroxylation is 1. The van der Waals surface area contributed by atoms with Gasteiger partial charge in [0.25, 0.3) is 0 Å². The smallest absolute Gasteiger partial charge is 0.148 e. The largest absolute Gasteiger partial charge is 0.497 e. The van der Waals surface area contributed by atoms with Crippen molar-refractivity contribution >= 4 is 17.3 Å². The quantitative estimate of drug-likeness (QED) is 0.576. The van der Waals surface area contributed by atoms with E-state index < -0.39 is 0 Å². The van der Waals surface area contributed by atoms with Crippen LogP contribution in [0.15, 0.2) is 24.3 Å². The van der Waals surface area contributed by atoms with Crippen molar-refractivity contribution in [2.24, 2.45) is 5.84 Å². The zero-order valence-corrected chi connectivity index (χ0v) is 11.2. The summed E-state index contributed by atoms with van der Waals surface area (Å²) >= 11 is 0. The Kier molecular flexibility index (Phi) is 3.82. The third-order valence-electron chi connectivity index (χ3n) is 2.75. The highest BCUT2D eigenvalue weighted by molar-refractivity contribution is 5.64. The molecule has 0 saturated heterocycles. The van der Waals surface area contributed by atoms with Crippen LogP contribution in [0, 0.1) is 13.8 Å². The Balaban J connectivity index is 2.29. The average Bonchev–Trinajstić information content (AvgIpc) is 2.43. The molecular weight excluding hydrogens is 242 g/mol. The van der Waals surface area contributed by atoms with Gasteiger partial charge in [0.05, 0.1) is 7.11 Å². The number of rotatable bonds is 4. The molecule has 0 unspecified atom stereocenters. The van der Waals surface area contributed by atoms with Crippen LogP contribution in [-0.2, 0) is 0 Å². The molecule has 0 amide bonds. The highest BCUT2D eigenvalue weighted by Gasteiger charge is 2.08. The van der Waals surface area contributed by atoms with Gasteiger partial charge in [0.2, 0.25) is 0 Å². The van der Waals surface area contributed by atoms with Crippen LogP contribution >= 0.6 is 0 Å². The number of anilines is 3. The molecule has 0 saturated carbocycles. The fourth-order valence-electron chi connectivity index (χ4n) is 1.70. The summed E-state index contributed by atoms with van der Waals surface area (Å²) in [4.78, 5) is 8.58. The maximum Gasteiger partial charge on any atom is 0.148 e. The first-order chi connectivity index (χ1) is 9.13. The van der Waals surface area contributed by atoms with E-state index in [1.807, 2.05) is 38.1 Å². The summed E-state index contributed by atoms with van der Waals surface area (Å²) in [5.41, 5.74) is 4.36. The van der Waals surface area contributed by atoms with Crippen molar-refractivity contribution in [3.05, 3.63) is 35.7 Å². The van der Waals surface area contributed by atoms with Crippen LogP contribution in [0.1, 0.15) is 11.4 Å². The van der Waals surface area contributed by atoms with Crippen molar-refractivity contribution in [1.82, 2.24) is 9.97 Å². The molecule has 0 aliphatic rings. The molecule has 6 nitrogen and oxygen atoms in total. The van der Waals surface area contributed by atoms with Crippen LogP contribution in [0.2, 0.25) is 0 Å². The number of hydrogen-bond acceptors (Lipinski definition) is 6. The number of hydrogen-bond donors (Lipinski definition) is 3. The summed E-state index contributed by atoms with van der Waals surface area (Å²) in [6.45, 7) is 3.72. The summed E-state index contributed by atoms with van der Waals surface area (Å²) in [5, 5.41) is 3.24. The maximum absolute atomic E-state index is 5.44. The van der Waals surface area contributed by atoms with Gasteiger partial charge < -0.3 is 15.5 Å². The van der Waals surface area contributed by atoms with Gasteiger partial charge >= 0.3 is 0 Å². The zero-order chi connectivity index (χ0) is 13.8. The fourth-order valence-corrected chi connectivity index (χ4v) is 1.70. The van der Waals surface area contributed by atoms with E-state index in [-0.39, 0.29) is 0 Å². The second-order valence-corrected chi connectivity index (χ2v) is 4.09. The Bertz CT molecular complexity index is 568. The minimum Gasteiger partial charge on any atom is -0.497 e. The topological polar surface area (TPSA) is 85.1 Å². The molecule has 19 heavy (non-hydrogen) atoms. The normalized spacial score (nSPS) is 10.1. The number of ether oxygens (including phenoxy) is 1. The summed E-state index contributed by atoms with van der Waals surface area (Å²) in [6.07, 6.45) is 0. The number of nitrogens with zero attached hydrogens (tertiary/aromatic N) is 2. The number of hydrazine groups is 1. The van der Waals surface area contributed by atoms with Crippen molar-refractivity contribution < 1.29 is 4.74 Å². The molecule has 1 heterocycles. The van der Waals surface area contributed by atoms with Crippen molar-refractivity contribution in [3.8, 4) is 5.75 Å². The van der Waals surface area contributed by atoms with Gasteiger partial charge in [-0.2, -0.15) is 0 Å². The van der Waals surface area contributed by atoms with Crippen LogP contribution < -0.4 is 21.3 Å². The van der Waals surface area contributed by atoms with Gasteiger partial charge in [0.1, 0.15) is 23.2 Å². The highest BCUT2D eigenvalue weighted by Crippen LogP contribution is 2.24. The van der Waals surface area contributed by atoms with Gasteiger partial charge in [-0.1, -0.05) is 0 Å². The summed E-state index contributed by atoms with van der Waals surface area (Å²) in [6, 6.07) is 7.61. The number of nitrogens with two attached hydrogens (primary N) is 1. The Hall–Kier alpha value is -2.34. The molecule has 100 valence electrons. The van der Waals surface area contributed by atoms with Crippen molar-refractivity contribution in [2.75, 3.05) is 17.9 Å². The summed E-state index contributed by atoms with van der Waals surface area (Å²) in [5.74, 6) is 8.24. The van der Waals surface area contributed by atoms with Crippen LogP contribution in [-0.4, -0.2) is 17.1 Å². The predicted molar refractivity (Wildman–Crippen MR) is 75.6 cm³/mol. The van der Waals surface area contributed by atoms with Gasteiger partial charge in [0, 0.05) is 11.3 Å². The lowest BCUT2D eigenvalue weighted by Crippen LogP contribution is -2.13. The minimum atomic E-state index is 0.614. The first kappa shape index (κ1) is 13.1. The molecule has 0 aliphatic heterocycles. The van der Waals surface area contributed by atoms with Gasteiger partial charge in [-0.05, 0) is 38.1 Å². The fraction of sp³-hybridized carbons (Fsp3) is 0.231. The van der Waals surface area contributed by atoms with E-state index in [9.17, 15) is 0 Å². The lowest BCUT2D eigenvalue weighted by atomic mass is 10.2. The second-order valence-electron chi connectivity index (χ2n) is 4.09. The molecule has 2 aromatic rings. The average molecular weight is 259 g/mol. The lowest BCUT2D eigenvalue weighted by Gasteiger charge is -2.12. The van der Waals surface area contributed by atoms with Crippen molar-refractivity contribution in [3.63, 3.8) is 0 Å². The minimum absolute atomic E-state index is 0.614. The van der Waals surface area contributed by atoms with E-state index in [0.29, 0.717) is 11.6 Å². The van der Waals surface area contributed by atoms with E-state index in [2.05, 4.69) is 20.7 Å². The number of nitrogen functional groups attached to an aromatic ring is 1. The van der Waals surface area contributed by atoms with E-state index in [1.165, 1.54) is 0 Å². The maximum atomic E-state index is 5.44. The van der Waals surface area contributed by atoms with Gasteiger partial charge in [-0.15, -0.1) is 0 Å². The number of nitrogens with one attached hydrogen (secondary N) is 2. The highest BCUT2D eigenvalue weighted by atomic mass is 16.5. The Morgan fingerprint density at radius 3 is 2.26 bits per heavy atom. The molecule has 0 fully saturated rings. The van der Waals surface area contributed by atoms with Gasteiger partial charge in [0.15, 0.2) is 0 Å². The van der Waals surface area contributed by atoms with Crippen LogP contribution in [0.4, 0.5) is 17.3 Å². The first-order valence-electron chi connectivity index (χ1n) is 5.87. The Morgan fingerprint density at radius 1 is 1.05 bits per heavy atom. The molecule has 0 bridgehead atoms. The number of benzene rings is 1. The third-order valence-corrected chi connectivity index (χ3v) is 2.75. The molecule has 0 atom stereocenters. The van der Waals surface area contributed by atoms with Crippen LogP contribution in [0.5, 0.6) is 5.75 Å². The molecular formula is C13H17N5O. The van der Waals surface area contributed by atoms with Gasteiger partial charge in [-0.3, -0.25) is 0 Å². The first-order valence-corrected chi connectivity index (χ1v) is 5.87. The molecule has 0 aliphatic carbocycles. The molecule has 6 heteroatoms. The van der Waals surface area contributed by atoms with Crippen molar-refractivity contribution in [1.29, 1.82) is 0 Å². The monoisotopic (exact) mass is 259 g/mol. The molecule has 1 aromatic carbocycles. The van der Waals surface area contributed by atoms with Crippen molar-refractivity contribution in [2.45, 2.75) is 13.8 Å². The molecule has 0 spiro atoms. The SMILES string of the molecule is COc1ccc(Nc2nc(C)nc(NN)c2C)cc1. The molecule has 1 aromatic heterocycles. The van der Waals surface area contributed by atoms with Crippen LogP contribution in [0.3, 0.4) is 0 Å². The number of methoxy groups -OCH3 is 1. The van der Waals surface area contributed by atoms with E-state index in [0.717, 1.165) is 22.8 Å². The standard InChI is InChI=1S/C13H17N5O/c1-8-12(15-9(2)16-13(8)18-14)17-10-4-6-11(19-3)7-5-10/h4-7H,14H2,1-3H3,(H2,15,16,17,18). The third kappa shape index (κ3) is 2.92. The Morgan fingerprint density at radius 2 is 1.68 bits per heavy atom.